The van der Waals surface area contributed by atoms with Crippen LogP contribution in [0.1, 0.15) is 18.4 Å². The Kier molecular flexibility index (Phi) is 4.42. The van der Waals surface area contributed by atoms with Gasteiger partial charge in [0.1, 0.15) is 5.69 Å². The van der Waals surface area contributed by atoms with E-state index in [-0.39, 0.29) is 18.7 Å². The van der Waals surface area contributed by atoms with E-state index < -0.39 is 17.4 Å². The Morgan fingerprint density at radius 1 is 1.56 bits per heavy atom. The first-order chi connectivity index (χ1) is 11.9. The molecule has 1 aromatic carbocycles. The Morgan fingerprint density at radius 2 is 2.36 bits per heavy atom. The van der Waals surface area contributed by atoms with Gasteiger partial charge in [-0.2, -0.15) is 10.4 Å². The SMILES string of the molecule is Cc1cnn(-c2ccc(NC(=O)N3CCC(O)(CC#N)C3)cc2F)c1. The number of likely N-dealkylation sites (tertiary alicyclic amines) is 1. The first kappa shape index (κ1) is 16.9. The number of hydrogen-bond donors (Lipinski definition) is 2. The summed E-state index contributed by atoms with van der Waals surface area (Å²) in [6.07, 6.45) is 3.66. The van der Waals surface area contributed by atoms with Gasteiger partial charge in [0, 0.05) is 18.4 Å². The van der Waals surface area contributed by atoms with Crippen molar-refractivity contribution in [1.29, 1.82) is 5.26 Å². The molecule has 25 heavy (non-hydrogen) atoms. The van der Waals surface area contributed by atoms with E-state index >= 15 is 0 Å². The fourth-order valence-electron chi connectivity index (χ4n) is 2.84. The van der Waals surface area contributed by atoms with Crippen molar-refractivity contribution in [3.05, 3.63) is 42.0 Å². The summed E-state index contributed by atoms with van der Waals surface area (Å²) < 4.78 is 15.7. The molecule has 0 radical (unpaired) electrons. The number of rotatable bonds is 3. The summed E-state index contributed by atoms with van der Waals surface area (Å²) in [7, 11) is 0. The molecule has 2 N–H and O–H groups in total. The van der Waals surface area contributed by atoms with E-state index in [4.69, 9.17) is 5.26 Å². The number of hydrogen-bond acceptors (Lipinski definition) is 4. The molecule has 2 aromatic rings. The number of benzene rings is 1. The maximum absolute atomic E-state index is 14.3. The number of aromatic nitrogens is 2. The minimum absolute atomic E-state index is 0.0244. The molecule has 1 atom stereocenters. The predicted octanol–water partition coefficient (Wildman–Crippen LogP) is 2.20. The lowest BCUT2D eigenvalue weighted by Gasteiger charge is -2.21. The molecule has 1 fully saturated rings. The number of anilines is 1. The number of aliphatic hydroxyl groups is 1. The third-order valence-electron chi connectivity index (χ3n) is 4.19. The quantitative estimate of drug-likeness (QED) is 0.893. The van der Waals surface area contributed by atoms with Crippen LogP contribution < -0.4 is 5.32 Å². The van der Waals surface area contributed by atoms with Crippen LogP contribution in [0.3, 0.4) is 0 Å². The zero-order chi connectivity index (χ0) is 18.0. The van der Waals surface area contributed by atoms with Crippen LogP contribution in [0.25, 0.3) is 5.69 Å². The number of nitrogens with one attached hydrogen (secondary N) is 1. The molecule has 2 amide bonds. The van der Waals surface area contributed by atoms with E-state index in [1.54, 1.807) is 18.5 Å². The first-order valence-corrected chi connectivity index (χ1v) is 7.87. The van der Waals surface area contributed by atoms with Crippen molar-refractivity contribution in [1.82, 2.24) is 14.7 Å². The van der Waals surface area contributed by atoms with Gasteiger partial charge in [0.2, 0.25) is 0 Å². The van der Waals surface area contributed by atoms with Crippen LogP contribution in [-0.2, 0) is 0 Å². The highest BCUT2D eigenvalue weighted by Gasteiger charge is 2.38. The Bertz CT molecular complexity index is 844. The third kappa shape index (κ3) is 3.61. The van der Waals surface area contributed by atoms with E-state index in [0.717, 1.165) is 5.56 Å². The fourth-order valence-corrected chi connectivity index (χ4v) is 2.84. The van der Waals surface area contributed by atoms with E-state index in [2.05, 4.69) is 10.4 Å². The maximum Gasteiger partial charge on any atom is 0.321 e. The lowest BCUT2D eigenvalue weighted by atomic mass is 10.0. The van der Waals surface area contributed by atoms with Gasteiger partial charge in [-0.25, -0.2) is 13.9 Å². The molecular weight excluding hydrogens is 325 g/mol. The monoisotopic (exact) mass is 343 g/mol. The average molecular weight is 343 g/mol. The number of β-amino-alcohol motifs (C(OH)–C–C–N with tert-alkyl or cyclic N) is 1. The summed E-state index contributed by atoms with van der Waals surface area (Å²) in [4.78, 5) is 13.7. The maximum atomic E-state index is 14.3. The second-order valence-corrected chi connectivity index (χ2v) is 6.29. The zero-order valence-corrected chi connectivity index (χ0v) is 13.7. The number of urea groups is 1. The number of nitrogens with zero attached hydrogens (tertiary/aromatic N) is 4. The van der Waals surface area contributed by atoms with E-state index in [1.165, 1.54) is 21.7 Å². The van der Waals surface area contributed by atoms with E-state index in [1.807, 2.05) is 13.0 Å². The van der Waals surface area contributed by atoms with Crippen molar-refractivity contribution in [3.8, 4) is 11.8 Å². The van der Waals surface area contributed by atoms with Gasteiger partial charge >= 0.3 is 6.03 Å². The van der Waals surface area contributed by atoms with Crippen LogP contribution in [0.2, 0.25) is 0 Å². The molecule has 2 heterocycles. The topological polar surface area (TPSA) is 94.2 Å². The van der Waals surface area contributed by atoms with Crippen molar-refractivity contribution in [2.45, 2.75) is 25.4 Å². The van der Waals surface area contributed by atoms with Crippen molar-refractivity contribution in [2.24, 2.45) is 0 Å². The normalized spacial score (nSPS) is 19.7. The van der Waals surface area contributed by atoms with Crippen LogP contribution in [0.5, 0.6) is 0 Å². The number of carbonyl (C=O) groups is 1. The molecule has 130 valence electrons. The molecule has 8 heteroatoms. The summed E-state index contributed by atoms with van der Waals surface area (Å²) >= 11 is 0. The Balaban J connectivity index is 1.69. The number of aryl methyl sites for hydroxylation is 1. The fraction of sp³-hybridized carbons (Fsp3) is 0.353. The van der Waals surface area contributed by atoms with Crippen LogP contribution in [0.15, 0.2) is 30.6 Å². The van der Waals surface area contributed by atoms with Gasteiger partial charge in [0.25, 0.3) is 0 Å². The van der Waals surface area contributed by atoms with E-state index in [0.29, 0.717) is 18.7 Å². The average Bonchev–Trinajstić information content (AvgIpc) is 3.14. The summed E-state index contributed by atoms with van der Waals surface area (Å²) in [5.74, 6) is -0.511. The lowest BCUT2D eigenvalue weighted by Crippen LogP contribution is -2.38. The van der Waals surface area contributed by atoms with Crippen molar-refractivity contribution < 1.29 is 14.3 Å². The second-order valence-electron chi connectivity index (χ2n) is 6.29. The molecule has 1 saturated heterocycles. The minimum atomic E-state index is -1.17. The van der Waals surface area contributed by atoms with Crippen LogP contribution in [-0.4, -0.2) is 44.5 Å². The summed E-state index contributed by atoms with van der Waals surface area (Å²) in [5.41, 5.74) is 0.344. The molecule has 1 aliphatic heterocycles. The highest BCUT2D eigenvalue weighted by Crippen LogP contribution is 2.25. The zero-order valence-electron chi connectivity index (χ0n) is 13.7. The molecule has 1 aromatic heterocycles. The van der Waals surface area contributed by atoms with E-state index in [9.17, 15) is 14.3 Å². The van der Waals surface area contributed by atoms with Crippen molar-refractivity contribution in [2.75, 3.05) is 18.4 Å². The van der Waals surface area contributed by atoms with Gasteiger partial charge < -0.3 is 15.3 Å². The molecule has 7 nitrogen and oxygen atoms in total. The number of nitriles is 1. The third-order valence-corrected chi connectivity index (χ3v) is 4.19. The lowest BCUT2D eigenvalue weighted by molar-refractivity contribution is 0.0578. The number of halogens is 1. The molecule has 0 spiro atoms. The Hall–Kier alpha value is -2.92. The van der Waals surface area contributed by atoms with Gasteiger partial charge in [0.05, 0.1) is 30.8 Å². The molecule has 0 saturated carbocycles. The molecule has 0 aliphatic carbocycles. The molecule has 1 unspecified atom stereocenters. The summed E-state index contributed by atoms with van der Waals surface area (Å²) in [6, 6.07) is 5.84. The van der Waals surface area contributed by atoms with Gasteiger partial charge in [-0.3, -0.25) is 0 Å². The molecule has 1 aliphatic rings. The smallest absolute Gasteiger partial charge is 0.321 e. The van der Waals surface area contributed by atoms with Gasteiger partial charge in [-0.05, 0) is 37.1 Å². The van der Waals surface area contributed by atoms with Crippen molar-refractivity contribution in [3.63, 3.8) is 0 Å². The van der Waals surface area contributed by atoms with Crippen molar-refractivity contribution >= 4 is 11.7 Å². The number of carbonyl (C=O) groups excluding carboxylic acids is 1. The summed E-state index contributed by atoms with van der Waals surface area (Å²) in [5, 5.41) is 25.6. The molecular formula is C17H18FN5O2. The van der Waals surface area contributed by atoms with Crippen LogP contribution >= 0.6 is 0 Å². The molecule has 0 bridgehead atoms. The van der Waals surface area contributed by atoms with Gasteiger partial charge in [-0.15, -0.1) is 0 Å². The molecule has 3 rings (SSSR count). The largest absolute Gasteiger partial charge is 0.387 e. The Morgan fingerprint density at radius 3 is 3.00 bits per heavy atom. The standard InChI is InChI=1S/C17H18FN5O2/c1-12-9-20-23(10-12)15-3-2-13(8-14(15)18)21-16(24)22-7-5-17(25,11-22)4-6-19/h2-3,8-10,25H,4-5,7,11H2,1H3,(H,21,24). The highest BCUT2D eigenvalue weighted by atomic mass is 19.1. The number of amides is 2. The minimum Gasteiger partial charge on any atom is -0.387 e. The Labute approximate surface area is 144 Å². The predicted molar refractivity (Wildman–Crippen MR) is 88.6 cm³/mol. The van der Waals surface area contributed by atoms with Gasteiger partial charge in [0.15, 0.2) is 5.82 Å². The second kappa shape index (κ2) is 6.53. The first-order valence-electron chi connectivity index (χ1n) is 7.87. The summed E-state index contributed by atoms with van der Waals surface area (Å²) in [6.45, 7) is 2.29. The van der Waals surface area contributed by atoms with Crippen LogP contribution in [0, 0.1) is 24.1 Å². The highest BCUT2D eigenvalue weighted by molar-refractivity contribution is 5.89. The van der Waals surface area contributed by atoms with Gasteiger partial charge in [-0.1, -0.05) is 0 Å². The van der Waals surface area contributed by atoms with Crippen LogP contribution in [0.4, 0.5) is 14.9 Å².